The number of ether oxygens (including phenoxy) is 5. The molecule has 1 unspecified atom stereocenters. The number of hydrogen-bond donors (Lipinski definition) is 1. The molecule has 0 spiro atoms. The molecule has 1 heterocycles. The Bertz CT molecular complexity index is 2090. The minimum atomic E-state index is -1.01. The highest BCUT2D eigenvalue weighted by Crippen LogP contribution is 2.59. The van der Waals surface area contributed by atoms with Gasteiger partial charge in [0.15, 0.2) is 17.1 Å². The van der Waals surface area contributed by atoms with Crippen LogP contribution in [-0.4, -0.2) is 39.6 Å². The van der Waals surface area contributed by atoms with Crippen molar-refractivity contribution in [1.82, 2.24) is 0 Å². The summed E-state index contributed by atoms with van der Waals surface area (Å²) in [7, 11) is 4.92. The fourth-order valence-electron chi connectivity index (χ4n) is 7.16. The van der Waals surface area contributed by atoms with Gasteiger partial charge in [0, 0.05) is 27.5 Å². The van der Waals surface area contributed by atoms with Crippen molar-refractivity contribution in [2.75, 3.05) is 34.5 Å². The molecule has 7 nitrogen and oxygen atoms in total. The SMILES string of the molecule is COc1ccc(C2(c3ccc(OCCO)cc3)C=Cc3c4c(c5cc(OC)c(OC)cc5c3O2)-c2ccc(C#N)cc2C4(C)C)cc1. The summed E-state index contributed by atoms with van der Waals surface area (Å²) in [4.78, 5) is 0. The van der Waals surface area contributed by atoms with Gasteiger partial charge in [-0.1, -0.05) is 50.3 Å². The maximum absolute atomic E-state index is 9.77. The molecule has 1 aliphatic heterocycles. The summed E-state index contributed by atoms with van der Waals surface area (Å²) in [6, 6.07) is 28.0. The molecule has 47 heavy (non-hydrogen) atoms. The molecule has 7 rings (SSSR count). The third-order valence-electron chi connectivity index (χ3n) is 9.43. The lowest BCUT2D eigenvalue weighted by molar-refractivity contribution is 0.163. The third kappa shape index (κ3) is 4.59. The zero-order chi connectivity index (χ0) is 32.9. The Kier molecular flexibility index (Phi) is 7.34. The Labute approximate surface area is 274 Å². The molecule has 0 aromatic heterocycles. The van der Waals surface area contributed by atoms with Crippen molar-refractivity contribution < 1.29 is 28.8 Å². The van der Waals surface area contributed by atoms with Crippen LogP contribution in [0.1, 0.15) is 47.2 Å². The van der Waals surface area contributed by atoms with E-state index in [9.17, 15) is 10.4 Å². The maximum Gasteiger partial charge on any atom is 0.178 e. The second-order valence-electron chi connectivity index (χ2n) is 12.2. The van der Waals surface area contributed by atoms with Crippen LogP contribution in [0.15, 0.2) is 84.9 Å². The van der Waals surface area contributed by atoms with Crippen LogP contribution in [0.4, 0.5) is 0 Å². The smallest absolute Gasteiger partial charge is 0.178 e. The minimum absolute atomic E-state index is 0.0656. The molecule has 7 heteroatoms. The number of aliphatic hydroxyl groups excluding tert-OH is 1. The molecule has 5 aromatic rings. The zero-order valence-corrected chi connectivity index (χ0v) is 27.0. The summed E-state index contributed by atoms with van der Waals surface area (Å²) in [6.07, 6.45) is 4.29. The largest absolute Gasteiger partial charge is 0.497 e. The lowest BCUT2D eigenvalue weighted by Gasteiger charge is -2.38. The molecular weight excluding hydrogens is 590 g/mol. The fourth-order valence-corrected chi connectivity index (χ4v) is 7.16. The lowest BCUT2D eigenvalue weighted by Crippen LogP contribution is -2.35. The van der Waals surface area contributed by atoms with Crippen LogP contribution >= 0.6 is 0 Å². The Hall–Kier alpha value is -5.45. The van der Waals surface area contributed by atoms with E-state index in [1.807, 2.05) is 72.8 Å². The maximum atomic E-state index is 9.77. The lowest BCUT2D eigenvalue weighted by atomic mass is 9.76. The number of nitriles is 1. The van der Waals surface area contributed by atoms with Crippen molar-refractivity contribution in [3.05, 3.63) is 118 Å². The van der Waals surface area contributed by atoms with Gasteiger partial charge < -0.3 is 28.8 Å². The molecule has 0 saturated carbocycles. The Morgan fingerprint density at radius 1 is 0.787 bits per heavy atom. The van der Waals surface area contributed by atoms with Gasteiger partial charge in [-0.15, -0.1) is 0 Å². The molecule has 1 N–H and O–H groups in total. The van der Waals surface area contributed by atoms with Crippen molar-refractivity contribution in [3.8, 4) is 45.9 Å². The van der Waals surface area contributed by atoms with E-state index in [0.29, 0.717) is 22.8 Å². The van der Waals surface area contributed by atoms with Crippen LogP contribution in [0.3, 0.4) is 0 Å². The van der Waals surface area contributed by atoms with Crippen molar-refractivity contribution in [3.63, 3.8) is 0 Å². The molecule has 0 fully saturated rings. The van der Waals surface area contributed by atoms with Crippen molar-refractivity contribution in [1.29, 1.82) is 5.26 Å². The van der Waals surface area contributed by atoms with E-state index in [1.165, 1.54) is 0 Å². The quantitative estimate of drug-likeness (QED) is 0.188. The molecular formula is C40H35NO6. The molecule has 0 amide bonds. The van der Waals surface area contributed by atoms with Gasteiger partial charge in [-0.2, -0.15) is 5.26 Å². The number of nitrogens with zero attached hydrogens (tertiary/aromatic N) is 1. The van der Waals surface area contributed by atoms with E-state index in [-0.39, 0.29) is 13.2 Å². The van der Waals surface area contributed by atoms with Crippen LogP contribution in [0, 0.1) is 11.3 Å². The minimum Gasteiger partial charge on any atom is -0.497 e. The molecule has 5 aromatic carbocycles. The van der Waals surface area contributed by atoms with Crippen molar-refractivity contribution in [2.45, 2.75) is 24.9 Å². The highest BCUT2D eigenvalue weighted by Gasteiger charge is 2.44. The molecule has 0 saturated heterocycles. The molecule has 0 bridgehead atoms. The Morgan fingerprint density at radius 2 is 1.43 bits per heavy atom. The Balaban J connectivity index is 1.53. The standard InChI is InChI=1S/C40H35NO6/c1-39(2)33-20-24(23-41)6-15-29(33)36-31-21-34(44-4)35(45-5)22-32(31)38-30(37(36)39)16-17-40(47-38,25-7-11-27(43-3)12-8-25)26-9-13-28(14-10-26)46-19-18-42/h6-17,20-22,42H,18-19H2,1-5H3. The number of methoxy groups -OCH3 is 3. The molecule has 1 atom stereocenters. The van der Waals surface area contributed by atoms with Gasteiger partial charge in [-0.3, -0.25) is 0 Å². The topological polar surface area (TPSA) is 90.2 Å². The first-order valence-electron chi connectivity index (χ1n) is 15.5. The highest BCUT2D eigenvalue weighted by molar-refractivity contribution is 6.09. The summed E-state index contributed by atoms with van der Waals surface area (Å²) in [5, 5.41) is 20.9. The first kappa shape index (κ1) is 30.2. The second-order valence-corrected chi connectivity index (χ2v) is 12.2. The second kappa shape index (κ2) is 11.4. The number of rotatable bonds is 8. The average Bonchev–Trinajstić information content (AvgIpc) is 3.36. The van der Waals surface area contributed by atoms with Crippen LogP contribution < -0.4 is 23.7 Å². The van der Waals surface area contributed by atoms with Crippen LogP contribution in [0.2, 0.25) is 0 Å². The van der Waals surface area contributed by atoms with E-state index in [4.69, 9.17) is 23.7 Å². The summed E-state index contributed by atoms with van der Waals surface area (Å²) in [5.41, 5.74) is 6.39. The highest BCUT2D eigenvalue weighted by atomic mass is 16.5. The van der Waals surface area contributed by atoms with Crippen molar-refractivity contribution in [2.24, 2.45) is 0 Å². The third-order valence-corrected chi connectivity index (χ3v) is 9.43. The normalized spacial score (nSPS) is 16.8. The van der Waals surface area contributed by atoms with Gasteiger partial charge >= 0.3 is 0 Å². The molecule has 236 valence electrons. The first-order chi connectivity index (χ1) is 22.8. The number of aliphatic hydroxyl groups is 1. The van der Waals surface area contributed by atoms with Gasteiger partial charge in [0.1, 0.15) is 23.9 Å². The van der Waals surface area contributed by atoms with E-state index in [1.54, 1.807) is 21.3 Å². The molecule has 2 aliphatic rings. The van der Waals surface area contributed by atoms with Gasteiger partial charge in [-0.25, -0.2) is 0 Å². The summed E-state index contributed by atoms with van der Waals surface area (Å²) >= 11 is 0. The van der Waals surface area contributed by atoms with Gasteiger partial charge in [0.05, 0.1) is 39.6 Å². The number of fused-ring (bicyclic) bond motifs is 8. The number of hydrogen-bond acceptors (Lipinski definition) is 7. The zero-order valence-electron chi connectivity index (χ0n) is 27.0. The van der Waals surface area contributed by atoms with E-state index in [2.05, 4.69) is 38.1 Å². The average molecular weight is 626 g/mol. The first-order valence-corrected chi connectivity index (χ1v) is 15.5. The van der Waals surface area contributed by atoms with Crippen LogP contribution in [0.25, 0.3) is 28.0 Å². The van der Waals surface area contributed by atoms with Crippen LogP contribution in [0.5, 0.6) is 28.7 Å². The van der Waals surface area contributed by atoms with Gasteiger partial charge in [-0.05, 0) is 82.2 Å². The molecule has 0 radical (unpaired) electrons. The van der Waals surface area contributed by atoms with Crippen molar-refractivity contribution >= 4 is 16.8 Å². The number of benzene rings is 5. The predicted molar refractivity (Wildman–Crippen MR) is 182 cm³/mol. The van der Waals surface area contributed by atoms with Gasteiger partial charge in [0.25, 0.3) is 0 Å². The Morgan fingerprint density at radius 3 is 2.02 bits per heavy atom. The summed E-state index contributed by atoms with van der Waals surface area (Å²) in [6.45, 7) is 4.55. The van der Waals surface area contributed by atoms with E-state index >= 15 is 0 Å². The van der Waals surface area contributed by atoms with E-state index < -0.39 is 11.0 Å². The van der Waals surface area contributed by atoms with Gasteiger partial charge in [0.2, 0.25) is 0 Å². The molecule has 1 aliphatic carbocycles. The summed E-state index contributed by atoms with van der Waals surface area (Å²) < 4.78 is 30.2. The van der Waals surface area contributed by atoms with Crippen LogP contribution in [-0.2, 0) is 11.0 Å². The fraction of sp³-hybridized carbons (Fsp3) is 0.225. The monoisotopic (exact) mass is 625 g/mol. The van der Waals surface area contributed by atoms with E-state index in [0.717, 1.165) is 61.2 Å². The summed E-state index contributed by atoms with van der Waals surface area (Å²) in [5.74, 6) is 3.34. The predicted octanol–water partition coefficient (Wildman–Crippen LogP) is 7.76.